The highest BCUT2D eigenvalue weighted by Gasteiger charge is 2.30. The highest BCUT2D eigenvalue weighted by Crippen LogP contribution is 2.36. The second-order valence-electron chi connectivity index (χ2n) is 5.46. The van der Waals surface area contributed by atoms with Gasteiger partial charge in [-0.3, -0.25) is 9.69 Å². The molecular formula is C18H13ClN2O3S. The van der Waals surface area contributed by atoms with Gasteiger partial charge in [0.25, 0.3) is 5.91 Å². The van der Waals surface area contributed by atoms with Crippen LogP contribution in [0.25, 0.3) is 6.08 Å². The molecule has 5 nitrogen and oxygen atoms in total. The summed E-state index contributed by atoms with van der Waals surface area (Å²) in [5, 5.41) is 1.27. The molecule has 1 fully saturated rings. The third kappa shape index (κ3) is 3.23. The predicted molar refractivity (Wildman–Crippen MR) is 99.5 cm³/mol. The lowest BCUT2D eigenvalue weighted by atomic mass is 10.2. The van der Waals surface area contributed by atoms with Crippen LogP contribution >= 0.6 is 23.4 Å². The first kappa shape index (κ1) is 16.1. The van der Waals surface area contributed by atoms with Crippen LogP contribution in [0.3, 0.4) is 0 Å². The Kier molecular flexibility index (Phi) is 4.15. The number of nitrogens with zero attached hydrogens (tertiary/aromatic N) is 2. The number of amides is 1. The average Bonchev–Trinajstić information content (AvgIpc) is 3.17. The average molecular weight is 373 g/mol. The van der Waals surface area contributed by atoms with Crippen molar-refractivity contribution >= 4 is 46.2 Å². The summed E-state index contributed by atoms with van der Waals surface area (Å²) in [6, 6.07) is 12.8. The van der Waals surface area contributed by atoms with E-state index in [1.165, 1.54) is 16.7 Å². The summed E-state index contributed by atoms with van der Waals surface area (Å²) in [5.74, 6) is 1.32. The van der Waals surface area contributed by atoms with E-state index in [0.29, 0.717) is 20.8 Å². The zero-order valence-corrected chi connectivity index (χ0v) is 14.8. The zero-order valence-electron chi connectivity index (χ0n) is 13.2. The number of carbonyl (C=O) groups is 1. The smallest absolute Gasteiger partial charge is 0.266 e. The molecule has 0 N–H and O–H groups in total. The van der Waals surface area contributed by atoms with Crippen molar-refractivity contribution in [3.63, 3.8) is 0 Å². The summed E-state index contributed by atoms with van der Waals surface area (Å²) < 4.78 is 10.7. The fourth-order valence-electron chi connectivity index (χ4n) is 2.43. The number of benzene rings is 2. The molecule has 0 aromatic heterocycles. The summed E-state index contributed by atoms with van der Waals surface area (Å²) in [6.07, 6.45) is 1.83. The monoisotopic (exact) mass is 372 g/mol. The number of aliphatic imine (C=N–C) groups is 1. The standard InChI is InChI=1S/C18H13ClN2O3S/c1-21-17(22)16(9-11-2-7-14-15(8-11)24-10-23-14)25-18(21)20-13-5-3-12(19)4-6-13/h2-9H,10H2,1H3/b16-9-,20-18?. The van der Waals surface area contributed by atoms with E-state index in [9.17, 15) is 4.79 Å². The van der Waals surface area contributed by atoms with Gasteiger partial charge in [-0.25, -0.2) is 4.99 Å². The van der Waals surface area contributed by atoms with Gasteiger partial charge in [-0.2, -0.15) is 0 Å². The normalized spacial score (nSPS) is 19.3. The van der Waals surface area contributed by atoms with Crippen LogP contribution in [0.15, 0.2) is 52.4 Å². The van der Waals surface area contributed by atoms with E-state index < -0.39 is 0 Å². The van der Waals surface area contributed by atoms with Crippen LogP contribution in [0.1, 0.15) is 5.56 Å². The Morgan fingerprint density at radius 1 is 1.16 bits per heavy atom. The minimum Gasteiger partial charge on any atom is -0.454 e. The van der Waals surface area contributed by atoms with Crippen LogP contribution in [-0.4, -0.2) is 29.8 Å². The zero-order chi connectivity index (χ0) is 17.4. The first-order valence-corrected chi connectivity index (χ1v) is 8.71. The predicted octanol–water partition coefficient (Wildman–Crippen LogP) is 4.30. The van der Waals surface area contributed by atoms with Crippen LogP contribution in [0.2, 0.25) is 5.02 Å². The SMILES string of the molecule is CN1C(=O)/C(=C/c2ccc3c(c2)OCO3)SC1=Nc1ccc(Cl)cc1. The highest BCUT2D eigenvalue weighted by atomic mass is 35.5. The fourth-order valence-corrected chi connectivity index (χ4v) is 3.54. The van der Waals surface area contributed by atoms with Crippen molar-refractivity contribution in [2.75, 3.05) is 13.8 Å². The number of fused-ring (bicyclic) bond motifs is 1. The Balaban J connectivity index is 1.61. The number of hydrogen-bond donors (Lipinski definition) is 0. The van der Waals surface area contributed by atoms with Crippen LogP contribution in [-0.2, 0) is 4.79 Å². The van der Waals surface area contributed by atoms with Gasteiger partial charge in [0.15, 0.2) is 16.7 Å². The summed E-state index contributed by atoms with van der Waals surface area (Å²) in [5.41, 5.74) is 1.62. The van der Waals surface area contributed by atoms with E-state index in [1.807, 2.05) is 36.4 Å². The second-order valence-corrected chi connectivity index (χ2v) is 6.90. The van der Waals surface area contributed by atoms with E-state index in [0.717, 1.165) is 17.0 Å². The molecule has 2 aliphatic rings. The number of rotatable bonds is 2. The molecule has 1 saturated heterocycles. The van der Waals surface area contributed by atoms with Crippen molar-refractivity contribution in [3.05, 3.63) is 58.0 Å². The summed E-state index contributed by atoms with van der Waals surface area (Å²) in [6.45, 7) is 0.226. The maximum atomic E-state index is 12.5. The van der Waals surface area contributed by atoms with Gasteiger partial charge in [0.1, 0.15) is 0 Å². The van der Waals surface area contributed by atoms with Gasteiger partial charge in [0.2, 0.25) is 6.79 Å². The maximum Gasteiger partial charge on any atom is 0.266 e. The Bertz CT molecular complexity index is 909. The molecule has 2 aromatic carbocycles. The lowest BCUT2D eigenvalue weighted by Gasteiger charge is -2.07. The highest BCUT2D eigenvalue weighted by molar-refractivity contribution is 8.18. The first-order chi connectivity index (χ1) is 12.1. The van der Waals surface area contributed by atoms with Crippen molar-refractivity contribution in [3.8, 4) is 11.5 Å². The van der Waals surface area contributed by atoms with Crippen molar-refractivity contribution in [2.45, 2.75) is 0 Å². The quantitative estimate of drug-likeness (QED) is 0.737. The number of hydrogen-bond acceptors (Lipinski definition) is 5. The molecule has 0 unspecified atom stereocenters. The molecule has 0 saturated carbocycles. The van der Waals surface area contributed by atoms with Gasteiger partial charge in [-0.1, -0.05) is 17.7 Å². The molecule has 7 heteroatoms. The van der Waals surface area contributed by atoms with Crippen molar-refractivity contribution in [1.82, 2.24) is 4.90 Å². The molecule has 25 heavy (non-hydrogen) atoms. The molecule has 4 rings (SSSR count). The van der Waals surface area contributed by atoms with Gasteiger partial charge < -0.3 is 9.47 Å². The van der Waals surface area contributed by atoms with E-state index in [2.05, 4.69) is 4.99 Å². The summed E-state index contributed by atoms with van der Waals surface area (Å²) in [4.78, 5) is 19.1. The molecular weight excluding hydrogens is 360 g/mol. The van der Waals surface area contributed by atoms with Crippen LogP contribution in [0, 0.1) is 0 Å². The molecule has 1 amide bonds. The van der Waals surface area contributed by atoms with Gasteiger partial charge in [0, 0.05) is 12.1 Å². The molecule has 2 aliphatic heterocycles. The lowest BCUT2D eigenvalue weighted by Crippen LogP contribution is -2.23. The van der Waals surface area contributed by atoms with E-state index in [1.54, 1.807) is 19.2 Å². The third-order valence-corrected chi connectivity index (χ3v) is 5.06. The molecule has 0 radical (unpaired) electrons. The van der Waals surface area contributed by atoms with Gasteiger partial charge in [-0.15, -0.1) is 0 Å². The minimum absolute atomic E-state index is 0.0876. The Morgan fingerprint density at radius 3 is 2.72 bits per heavy atom. The summed E-state index contributed by atoms with van der Waals surface area (Å²) >= 11 is 7.22. The molecule has 0 aliphatic carbocycles. The van der Waals surface area contributed by atoms with Gasteiger partial charge in [-0.05, 0) is 59.8 Å². The topological polar surface area (TPSA) is 51.1 Å². The number of thioether (sulfide) groups is 1. The number of carbonyl (C=O) groups excluding carboxylic acids is 1. The van der Waals surface area contributed by atoms with E-state index in [-0.39, 0.29) is 12.7 Å². The largest absolute Gasteiger partial charge is 0.454 e. The number of amidine groups is 1. The number of likely N-dealkylation sites (N-methyl/N-ethyl adjacent to an activating group) is 1. The lowest BCUT2D eigenvalue weighted by molar-refractivity contribution is -0.121. The summed E-state index contributed by atoms with van der Waals surface area (Å²) in [7, 11) is 1.71. The third-order valence-electron chi connectivity index (χ3n) is 3.75. The number of halogens is 1. The number of ether oxygens (including phenoxy) is 2. The second kappa shape index (κ2) is 6.46. The van der Waals surface area contributed by atoms with Crippen LogP contribution in [0.5, 0.6) is 11.5 Å². The molecule has 126 valence electrons. The van der Waals surface area contributed by atoms with E-state index >= 15 is 0 Å². The Hall–Kier alpha value is -2.44. The van der Waals surface area contributed by atoms with Crippen LogP contribution in [0.4, 0.5) is 5.69 Å². The van der Waals surface area contributed by atoms with Crippen molar-refractivity contribution < 1.29 is 14.3 Å². The first-order valence-electron chi connectivity index (χ1n) is 7.52. The molecule has 0 bridgehead atoms. The minimum atomic E-state index is -0.0876. The van der Waals surface area contributed by atoms with Gasteiger partial charge >= 0.3 is 0 Å². The van der Waals surface area contributed by atoms with Crippen molar-refractivity contribution in [1.29, 1.82) is 0 Å². The fraction of sp³-hybridized carbons (Fsp3) is 0.111. The molecule has 2 aromatic rings. The Labute approximate surface area is 153 Å². The van der Waals surface area contributed by atoms with Crippen molar-refractivity contribution in [2.24, 2.45) is 4.99 Å². The van der Waals surface area contributed by atoms with Crippen LogP contribution < -0.4 is 9.47 Å². The molecule has 2 heterocycles. The van der Waals surface area contributed by atoms with E-state index in [4.69, 9.17) is 21.1 Å². The molecule has 0 atom stereocenters. The maximum absolute atomic E-state index is 12.5. The molecule has 0 spiro atoms. The Morgan fingerprint density at radius 2 is 1.92 bits per heavy atom. The van der Waals surface area contributed by atoms with Gasteiger partial charge in [0.05, 0.1) is 10.6 Å².